The standard InChI is InChI=1S/C12H13Cl2N3O/c1-15-6-2-3-11-16-17-12(18-11)8-4-5-9(13)10(14)7-8/h4-5,7,15H,2-3,6H2,1H3. The summed E-state index contributed by atoms with van der Waals surface area (Å²) in [5, 5.41) is 12.0. The van der Waals surface area contributed by atoms with Crippen LogP contribution in [0.1, 0.15) is 12.3 Å². The Morgan fingerprint density at radius 2 is 2.06 bits per heavy atom. The molecule has 0 saturated heterocycles. The first-order valence-corrected chi connectivity index (χ1v) is 6.38. The predicted molar refractivity (Wildman–Crippen MR) is 72.0 cm³/mol. The largest absolute Gasteiger partial charge is 0.421 e. The summed E-state index contributed by atoms with van der Waals surface area (Å²) in [7, 11) is 1.91. The lowest BCUT2D eigenvalue weighted by Crippen LogP contribution is -2.08. The molecule has 0 aliphatic carbocycles. The van der Waals surface area contributed by atoms with Crippen molar-refractivity contribution in [2.75, 3.05) is 13.6 Å². The fourth-order valence-corrected chi connectivity index (χ4v) is 1.81. The van der Waals surface area contributed by atoms with Crippen LogP contribution in [0.5, 0.6) is 0 Å². The molecule has 0 aliphatic rings. The fraction of sp³-hybridized carbons (Fsp3) is 0.333. The molecule has 0 fully saturated rings. The minimum atomic E-state index is 0.466. The van der Waals surface area contributed by atoms with Gasteiger partial charge < -0.3 is 9.73 Å². The van der Waals surface area contributed by atoms with Gasteiger partial charge in [0.2, 0.25) is 11.8 Å². The van der Waals surface area contributed by atoms with Crippen LogP contribution in [0, 0.1) is 0 Å². The van der Waals surface area contributed by atoms with Crippen molar-refractivity contribution in [2.24, 2.45) is 0 Å². The molecule has 1 N–H and O–H groups in total. The van der Waals surface area contributed by atoms with E-state index in [4.69, 9.17) is 27.6 Å². The van der Waals surface area contributed by atoms with Gasteiger partial charge in [-0.1, -0.05) is 23.2 Å². The van der Waals surface area contributed by atoms with Crippen LogP contribution in [-0.4, -0.2) is 23.8 Å². The Bertz CT molecular complexity index is 528. The highest BCUT2D eigenvalue weighted by Gasteiger charge is 2.09. The highest BCUT2D eigenvalue weighted by Crippen LogP contribution is 2.27. The van der Waals surface area contributed by atoms with Crippen LogP contribution < -0.4 is 5.32 Å². The van der Waals surface area contributed by atoms with Gasteiger partial charge in [-0.2, -0.15) is 0 Å². The second-order valence-corrected chi connectivity index (χ2v) is 4.65. The van der Waals surface area contributed by atoms with Gasteiger partial charge in [0, 0.05) is 12.0 Å². The molecule has 0 saturated carbocycles. The number of aryl methyl sites for hydroxylation is 1. The van der Waals surface area contributed by atoms with E-state index in [1.165, 1.54) is 0 Å². The molecule has 1 heterocycles. The molecular weight excluding hydrogens is 273 g/mol. The predicted octanol–water partition coefficient (Wildman–Crippen LogP) is 3.20. The molecule has 2 aromatic rings. The van der Waals surface area contributed by atoms with Gasteiger partial charge in [-0.25, -0.2) is 0 Å². The Kier molecular flexibility index (Phi) is 4.58. The molecule has 18 heavy (non-hydrogen) atoms. The highest BCUT2D eigenvalue weighted by atomic mass is 35.5. The van der Waals surface area contributed by atoms with Crippen molar-refractivity contribution in [1.29, 1.82) is 0 Å². The Balaban J connectivity index is 2.11. The lowest BCUT2D eigenvalue weighted by atomic mass is 10.2. The number of hydrogen-bond acceptors (Lipinski definition) is 4. The van der Waals surface area contributed by atoms with Crippen molar-refractivity contribution in [3.8, 4) is 11.5 Å². The number of aromatic nitrogens is 2. The molecule has 1 aromatic carbocycles. The van der Waals surface area contributed by atoms with Gasteiger partial charge in [0.05, 0.1) is 10.0 Å². The number of nitrogens with zero attached hydrogens (tertiary/aromatic N) is 2. The van der Waals surface area contributed by atoms with Gasteiger partial charge in [0.25, 0.3) is 0 Å². The quantitative estimate of drug-likeness (QED) is 0.858. The van der Waals surface area contributed by atoms with E-state index in [-0.39, 0.29) is 0 Å². The maximum Gasteiger partial charge on any atom is 0.247 e. The zero-order valence-electron chi connectivity index (χ0n) is 9.91. The van der Waals surface area contributed by atoms with E-state index in [1.54, 1.807) is 18.2 Å². The zero-order chi connectivity index (χ0) is 13.0. The Morgan fingerprint density at radius 3 is 2.78 bits per heavy atom. The van der Waals surface area contributed by atoms with E-state index in [0.29, 0.717) is 21.8 Å². The number of benzene rings is 1. The summed E-state index contributed by atoms with van der Waals surface area (Å²) in [4.78, 5) is 0. The van der Waals surface area contributed by atoms with E-state index in [2.05, 4.69) is 15.5 Å². The van der Waals surface area contributed by atoms with E-state index in [9.17, 15) is 0 Å². The lowest BCUT2D eigenvalue weighted by Gasteiger charge is -1.98. The third kappa shape index (κ3) is 3.22. The first-order chi connectivity index (χ1) is 8.70. The molecule has 0 amide bonds. The topological polar surface area (TPSA) is 51.0 Å². The number of rotatable bonds is 5. The average Bonchev–Trinajstić information content (AvgIpc) is 2.82. The van der Waals surface area contributed by atoms with Crippen LogP contribution in [0.3, 0.4) is 0 Å². The highest BCUT2D eigenvalue weighted by molar-refractivity contribution is 6.42. The van der Waals surface area contributed by atoms with Crippen LogP contribution in [-0.2, 0) is 6.42 Å². The van der Waals surface area contributed by atoms with Gasteiger partial charge in [-0.15, -0.1) is 10.2 Å². The maximum atomic E-state index is 5.94. The molecule has 0 bridgehead atoms. The molecule has 0 unspecified atom stereocenters. The second-order valence-electron chi connectivity index (χ2n) is 3.84. The second kappa shape index (κ2) is 6.18. The molecule has 0 atom stereocenters. The molecule has 0 radical (unpaired) electrons. The Morgan fingerprint density at radius 1 is 1.22 bits per heavy atom. The maximum absolute atomic E-state index is 5.94. The van der Waals surface area contributed by atoms with Crippen molar-refractivity contribution in [2.45, 2.75) is 12.8 Å². The molecule has 1 aromatic heterocycles. The monoisotopic (exact) mass is 285 g/mol. The summed E-state index contributed by atoms with van der Waals surface area (Å²) in [6.45, 7) is 0.921. The molecule has 4 nitrogen and oxygen atoms in total. The third-order valence-corrected chi connectivity index (χ3v) is 3.19. The summed E-state index contributed by atoms with van der Waals surface area (Å²) in [5.41, 5.74) is 0.775. The van der Waals surface area contributed by atoms with Crippen molar-refractivity contribution in [3.05, 3.63) is 34.1 Å². The minimum Gasteiger partial charge on any atom is -0.421 e. The summed E-state index contributed by atoms with van der Waals surface area (Å²) in [6.07, 6.45) is 1.72. The van der Waals surface area contributed by atoms with Gasteiger partial charge in [0.1, 0.15) is 0 Å². The Hall–Kier alpha value is -1.10. The van der Waals surface area contributed by atoms with Crippen molar-refractivity contribution in [3.63, 3.8) is 0 Å². The van der Waals surface area contributed by atoms with Crippen molar-refractivity contribution >= 4 is 23.2 Å². The van der Waals surface area contributed by atoms with Gasteiger partial charge in [-0.3, -0.25) is 0 Å². The number of halogens is 2. The summed E-state index contributed by atoms with van der Waals surface area (Å²) >= 11 is 11.8. The van der Waals surface area contributed by atoms with Crippen LogP contribution in [0.2, 0.25) is 10.0 Å². The van der Waals surface area contributed by atoms with Crippen LogP contribution in [0.4, 0.5) is 0 Å². The molecular formula is C12H13Cl2N3O. The van der Waals surface area contributed by atoms with Gasteiger partial charge in [-0.05, 0) is 38.2 Å². The van der Waals surface area contributed by atoms with Gasteiger partial charge >= 0.3 is 0 Å². The summed E-state index contributed by atoms with van der Waals surface area (Å²) in [5.74, 6) is 1.10. The summed E-state index contributed by atoms with van der Waals surface area (Å²) < 4.78 is 5.56. The first-order valence-electron chi connectivity index (χ1n) is 5.63. The lowest BCUT2D eigenvalue weighted by molar-refractivity contribution is 0.495. The average molecular weight is 286 g/mol. The van der Waals surface area contributed by atoms with E-state index in [1.807, 2.05) is 7.05 Å². The number of hydrogen-bond donors (Lipinski definition) is 1. The van der Waals surface area contributed by atoms with Crippen LogP contribution in [0.15, 0.2) is 22.6 Å². The molecule has 0 aliphatic heterocycles. The van der Waals surface area contributed by atoms with Crippen molar-refractivity contribution < 1.29 is 4.42 Å². The third-order valence-electron chi connectivity index (χ3n) is 2.45. The zero-order valence-corrected chi connectivity index (χ0v) is 11.4. The number of nitrogens with one attached hydrogen (secondary N) is 1. The van der Waals surface area contributed by atoms with E-state index >= 15 is 0 Å². The van der Waals surface area contributed by atoms with Gasteiger partial charge in [0.15, 0.2) is 0 Å². The normalized spacial score (nSPS) is 10.8. The Labute approximate surface area is 115 Å². The molecule has 2 rings (SSSR count). The van der Waals surface area contributed by atoms with E-state index < -0.39 is 0 Å². The van der Waals surface area contributed by atoms with Crippen molar-refractivity contribution in [1.82, 2.24) is 15.5 Å². The van der Waals surface area contributed by atoms with Crippen LogP contribution in [0.25, 0.3) is 11.5 Å². The molecule has 96 valence electrons. The minimum absolute atomic E-state index is 0.466. The first kappa shape index (κ1) is 13.3. The molecule has 6 heteroatoms. The molecule has 0 spiro atoms. The van der Waals surface area contributed by atoms with Crippen LogP contribution >= 0.6 is 23.2 Å². The summed E-state index contributed by atoms with van der Waals surface area (Å²) in [6, 6.07) is 5.23. The fourth-order valence-electron chi connectivity index (χ4n) is 1.52. The smallest absolute Gasteiger partial charge is 0.247 e. The van der Waals surface area contributed by atoms with E-state index in [0.717, 1.165) is 24.9 Å². The SMILES string of the molecule is CNCCCc1nnc(-c2ccc(Cl)c(Cl)c2)o1.